The summed E-state index contributed by atoms with van der Waals surface area (Å²) in [5.74, 6) is 0.692. The number of aromatic nitrogens is 3. The van der Waals surface area contributed by atoms with Crippen LogP contribution in [0.15, 0.2) is 0 Å². The van der Waals surface area contributed by atoms with Crippen molar-refractivity contribution in [2.75, 3.05) is 6.61 Å². The highest BCUT2D eigenvalue weighted by Crippen LogP contribution is 2.33. The van der Waals surface area contributed by atoms with Crippen LogP contribution in [0.2, 0.25) is 0 Å². The van der Waals surface area contributed by atoms with E-state index in [0.717, 1.165) is 18.4 Å². The smallest absolute Gasteiger partial charge is 0.172 e. The summed E-state index contributed by atoms with van der Waals surface area (Å²) in [7, 11) is 0. The summed E-state index contributed by atoms with van der Waals surface area (Å²) in [6.07, 6.45) is 4.76. The number of aliphatic hydroxyl groups excluding tert-OH is 1. The van der Waals surface area contributed by atoms with E-state index < -0.39 is 0 Å². The van der Waals surface area contributed by atoms with Crippen LogP contribution >= 0.6 is 0 Å². The summed E-state index contributed by atoms with van der Waals surface area (Å²) >= 11 is 0. The Labute approximate surface area is 94.5 Å². The molecule has 1 unspecified atom stereocenters. The third-order valence-corrected chi connectivity index (χ3v) is 3.08. The second-order valence-corrected chi connectivity index (χ2v) is 4.49. The van der Waals surface area contributed by atoms with Crippen LogP contribution in [-0.4, -0.2) is 33.0 Å². The predicted octanol–water partition coefficient (Wildman–Crippen LogP) is 0.986. The number of nitrogens with zero attached hydrogens (tertiary/aromatic N) is 3. The molecule has 0 bridgehead atoms. The minimum Gasteiger partial charge on any atom is -0.396 e. The van der Waals surface area contributed by atoms with Crippen LogP contribution in [0.5, 0.6) is 0 Å². The number of hydrogen-bond donors (Lipinski definition) is 1. The Balaban J connectivity index is 2.21. The molecule has 0 aromatic carbocycles. The van der Waals surface area contributed by atoms with Gasteiger partial charge in [-0.15, -0.1) is 5.10 Å². The first-order chi connectivity index (χ1) is 7.76. The highest BCUT2D eigenvalue weighted by molar-refractivity contribution is 5.73. The lowest BCUT2D eigenvalue weighted by Gasteiger charge is -2.13. The maximum atomic E-state index is 10.9. The summed E-state index contributed by atoms with van der Waals surface area (Å²) < 4.78 is 1.79. The molecule has 1 aromatic rings. The number of aliphatic hydroxyl groups is 1. The van der Waals surface area contributed by atoms with E-state index in [1.165, 1.54) is 12.8 Å². The highest BCUT2D eigenvalue weighted by Gasteiger charge is 2.26. The van der Waals surface area contributed by atoms with E-state index in [0.29, 0.717) is 18.0 Å². The predicted molar refractivity (Wildman–Crippen MR) is 58.3 cm³/mol. The van der Waals surface area contributed by atoms with E-state index in [1.807, 2.05) is 6.92 Å². The van der Waals surface area contributed by atoms with Gasteiger partial charge in [0.25, 0.3) is 0 Å². The Hall–Kier alpha value is -1.23. The molecule has 1 saturated carbocycles. The minimum atomic E-state index is 0.0972. The molecule has 88 valence electrons. The lowest BCUT2D eigenvalue weighted by molar-refractivity contribution is 0.111. The summed E-state index contributed by atoms with van der Waals surface area (Å²) in [6.45, 7) is 2.11. The molecule has 5 heteroatoms. The second kappa shape index (κ2) is 4.74. The summed E-state index contributed by atoms with van der Waals surface area (Å²) in [4.78, 5) is 10.9. The molecule has 1 fully saturated rings. The van der Waals surface area contributed by atoms with Gasteiger partial charge in [0.15, 0.2) is 6.29 Å². The molecule has 1 N–H and O–H groups in total. The fourth-order valence-electron chi connectivity index (χ4n) is 1.87. The van der Waals surface area contributed by atoms with Crippen LogP contribution in [0, 0.1) is 5.92 Å². The number of carbonyl (C=O) groups is 1. The molecule has 1 aliphatic carbocycles. The quantitative estimate of drug-likeness (QED) is 0.730. The number of hydrogen-bond acceptors (Lipinski definition) is 4. The van der Waals surface area contributed by atoms with Gasteiger partial charge in [0.05, 0.1) is 11.7 Å². The van der Waals surface area contributed by atoms with Gasteiger partial charge in [-0.2, -0.15) is 0 Å². The van der Waals surface area contributed by atoms with Crippen LogP contribution < -0.4 is 0 Å². The zero-order valence-electron chi connectivity index (χ0n) is 9.46. The average Bonchev–Trinajstić information content (AvgIpc) is 2.97. The van der Waals surface area contributed by atoms with Crippen molar-refractivity contribution in [3.63, 3.8) is 0 Å². The molecule has 0 amide bonds. The van der Waals surface area contributed by atoms with E-state index in [1.54, 1.807) is 4.68 Å². The largest absolute Gasteiger partial charge is 0.396 e. The van der Waals surface area contributed by atoms with Gasteiger partial charge in [-0.3, -0.25) is 4.79 Å². The standard InChI is InChI=1S/C11H17N3O2/c1-8(4-5-15)14-11(6-9-2-3-9)10(7-16)12-13-14/h7-9,15H,2-6H2,1H3. The number of carbonyl (C=O) groups excluding carboxylic acids is 1. The molecular weight excluding hydrogens is 206 g/mol. The Morgan fingerprint density at radius 2 is 2.38 bits per heavy atom. The zero-order valence-corrected chi connectivity index (χ0v) is 9.46. The van der Waals surface area contributed by atoms with Gasteiger partial charge < -0.3 is 5.11 Å². The molecule has 5 nitrogen and oxygen atoms in total. The van der Waals surface area contributed by atoms with Gasteiger partial charge in [0.2, 0.25) is 0 Å². The molecule has 0 radical (unpaired) electrons. The zero-order chi connectivity index (χ0) is 11.5. The Bertz CT molecular complexity index is 371. The van der Waals surface area contributed by atoms with Gasteiger partial charge in [-0.05, 0) is 38.5 Å². The lowest BCUT2D eigenvalue weighted by atomic mass is 10.1. The molecule has 16 heavy (non-hydrogen) atoms. The average molecular weight is 223 g/mol. The lowest BCUT2D eigenvalue weighted by Crippen LogP contribution is -2.13. The summed E-state index contributed by atoms with van der Waals surface area (Å²) in [6, 6.07) is 0.0972. The van der Waals surface area contributed by atoms with Gasteiger partial charge in [0, 0.05) is 6.61 Å². The van der Waals surface area contributed by atoms with Crippen molar-refractivity contribution in [2.24, 2.45) is 5.92 Å². The normalized spacial score (nSPS) is 17.4. The van der Waals surface area contributed by atoms with Crippen molar-refractivity contribution in [1.29, 1.82) is 0 Å². The molecule has 1 aromatic heterocycles. The van der Waals surface area contributed by atoms with Gasteiger partial charge >= 0.3 is 0 Å². The molecule has 1 aliphatic rings. The number of aldehydes is 1. The van der Waals surface area contributed by atoms with E-state index in [4.69, 9.17) is 5.11 Å². The van der Waals surface area contributed by atoms with Crippen LogP contribution in [0.4, 0.5) is 0 Å². The molecule has 1 atom stereocenters. The van der Waals surface area contributed by atoms with Crippen LogP contribution in [0.3, 0.4) is 0 Å². The second-order valence-electron chi connectivity index (χ2n) is 4.49. The molecule has 0 saturated heterocycles. The van der Waals surface area contributed by atoms with Crippen molar-refractivity contribution in [1.82, 2.24) is 15.0 Å². The first-order valence-electron chi connectivity index (χ1n) is 5.76. The van der Waals surface area contributed by atoms with Crippen molar-refractivity contribution >= 4 is 6.29 Å². The maximum absolute atomic E-state index is 10.9. The molecule has 1 heterocycles. The van der Waals surface area contributed by atoms with Crippen molar-refractivity contribution in [3.05, 3.63) is 11.4 Å². The Morgan fingerprint density at radius 3 is 2.94 bits per heavy atom. The molecule has 0 spiro atoms. The van der Waals surface area contributed by atoms with E-state index in [2.05, 4.69) is 10.3 Å². The third kappa shape index (κ3) is 2.29. The summed E-state index contributed by atoms with van der Waals surface area (Å²) in [5, 5.41) is 16.8. The maximum Gasteiger partial charge on any atom is 0.172 e. The Kier molecular flexibility index (Phi) is 3.33. The SMILES string of the molecule is CC(CCO)n1nnc(C=O)c1CC1CC1. The van der Waals surface area contributed by atoms with Gasteiger partial charge in [-0.1, -0.05) is 5.21 Å². The van der Waals surface area contributed by atoms with E-state index >= 15 is 0 Å². The third-order valence-electron chi connectivity index (χ3n) is 3.08. The van der Waals surface area contributed by atoms with Crippen molar-refractivity contribution in [3.8, 4) is 0 Å². The highest BCUT2D eigenvalue weighted by atomic mass is 16.3. The first kappa shape index (κ1) is 11.3. The summed E-state index contributed by atoms with van der Waals surface area (Å²) in [5.41, 5.74) is 1.38. The van der Waals surface area contributed by atoms with Crippen LogP contribution in [0.1, 0.15) is 48.4 Å². The molecule has 0 aliphatic heterocycles. The van der Waals surface area contributed by atoms with Crippen molar-refractivity contribution < 1.29 is 9.90 Å². The fourth-order valence-corrected chi connectivity index (χ4v) is 1.87. The first-order valence-corrected chi connectivity index (χ1v) is 5.76. The fraction of sp³-hybridized carbons (Fsp3) is 0.727. The number of rotatable bonds is 6. The van der Waals surface area contributed by atoms with Gasteiger partial charge in [-0.25, -0.2) is 4.68 Å². The monoisotopic (exact) mass is 223 g/mol. The van der Waals surface area contributed by atoms with Gasteiger partial charge in [0.1, 0.15) is 5.69 Å². The molecular formula is C11H17N3O2. The molecule has 2 rings (SSSR count). The van der Waals surface area contributed by atoms with E-state index in [9.17, 15) is 4.79 Å². The van der Waals surface area contributed by atoms with Crippen LogP contribution in [-0.2, 0) is 6.42 Å². The Morgan fingerprint density at radius 1 is 1.62 bits per heavy atom. The van der Waals surface area contributed by atoms with Crippen LogP contribution in [0.25, 0.3) is 0 Å². The minimum absolute atomic E-state index is 0.0972. The topological polar surface area (TPSA) is 68.0 Å². The van der Waals surface area contributed by atoms with Crippen molar-refractivity contribution in [2.45, 2.75) is 38.6 Å². The van der Waals surface area contributed by atoms with E-state index in [-0.39, 0.29) is 12.6 Å².